The topological polar surface area (TPSA) is 75.8 Å². The molecule has 0 atom stereocenters. The van der Waals surface area contributed by atoms with Crippen molar-refractivity contribution >= 4 is 11.8 Å². The molecule has 8 heteroatoms. The van der Waals surface area contributed by atoms with E-state index in [1.54, 1.807) is 14.2 Å². The molecule has 1 aliphatic rings. The third-order valence-electron chi connectivity index (χ3n) is 4.39. The second kappa shape index (κ2) is 8.22. The first-order valence-electron chi connectivity index (χ1n) is 8.75. The Labute approximate surface area is 167 Å². The minimum Gasteiger partial charge on any atom is -0.497 e. The molecule has 1 aliphatic heterocycles. The first-order valence-corrected chi connectivity index (χ1v) is 9.74. The normalized spacial score (nSPS) is 15.5. The van der Waals surface area contributed by atoms with Crippen molar-refractivity contribution in [3.63, 3.8) is 0 Å². The average Bonchev–Trinajstić information content (AvgIpc) is 3.43. The third kappa shape index (κ3) is 3.84. The summed E-state index contributed by atoms with van der Waals surface area (Å²) in [6, 6.07) is 15.1. The molecule has 0 aliphatic carbocycles. The van der Waals surface area contributed by atoms with Crippen LogP contribution in [0.1, 0.15) is 5.56 Å². The van der Waals surface area contributed by atoms with E-state index >= 15 is 0 Å². The molecule has 0 radical (unpaired) electrons. The maximum Gasteiger partial charge on any atom is 0.277 e. The summed E-state index contributed by atoms with van der Waals surface area (Å²) in [4.78, 5) is 0. The van der Waals surface area contributed by atoms with Crippen LogP contribution in [0.4, 0.5) is 0 Å². The van der Waals surface area contributed by atoms with Crippen LogP contribution in [0.3, 0.4) is 0 Å². The van der Waals surface area contributed by atoms with E-state index in [2.05, 4.69) is 10.2 Å². The van der Waals surface area contributed by atoms with E-state index in [0.29, 0.717) is 30.1 Å². The molecule has 146 valence electrons. The second-order valence-corrected chi connectivity index (χ2v) is 7.00. The summed E-state index contributed by atoms with van der Waals surface area (Å²) >= 11 is 1.39. The molecule has 0 N–H and O–H groups in total. The van der Waals surface area contributed by atoms with Crippen LogP contribution in [0, 0.1) is 0 Å². The summed E-state index contributed by atoms with van der Waals surface area (Å²) in [6.07, 6.45) is 0. The minimum absolute atomic E-state index is 0.451. The fourth-order valence-corrected chi connectivity index (χ4v) is 3.81. The lowest BCUT2D eigenvalue weighted by atomic mass is 10.1. The summed E-state index contributed by atoms with van der Waals surface area (Å²) in [6.45, 7) is 1.05. The molecule has 7 nitrogen and oxygen atoms in total. The molecule has 2 aromatic carbocycles. The van der Waals surface area contributed by atoms with Crippen LogP contribution in [0.25, 0.3) is 11.5 Å². The van der Waals surface area contributed by atoms with E-state index in [4.69, 9.17) is 23.4 Å². The quantitative estimate of drug-likeness (QED) is 0.555. The van der Waals surface area contributed by atoms with Gasteiger partial charge >= 0.3 is 0 Å². The standard InChI is InChI=1S/C20H20N2O5S/c1-23-16-8-6-14(7-9-16)18-21-22-19(27-18)28-13-20(25-10-11-26-20)15-4-3-5-17(12-15)24-2/h3-9,12H,10-11,13H2,1-2H3. The molecule has 0 spiro atoms. The smallest absolute Gasteiger partial charge is 0.277 e. The lowest BCUT2D eigenvalue weighted by Crippen LogP contribution is -2.30. The van der Waals surface area contributed by atoms with Crippen molar-refractivity contribution in [2.24, 2.45) is 0 Å². The Kier molecular flexibility index (Phi) is 5.52. The molecular formula is C20H20N2O5S. The zero-order valence-corrected chi connectivity index (χ0v) is 16.4. The highest BCUT2D eigenvalue weighted by Gasteiger charge is 2.39. The average molecular weight is 400 g/mol. The Morgan fingerprint density at radius 1 is 0.964 bits per heavy atom. The summed E-state index contributed by atoms with van der Waals surface area (Å²) in [5.41, 5.74) is 1.72. The van der Waals surface area contributed by atoms with E-state index < -0.39 is 5.79 Å². The monoisotopic (exact) mass is 400 g/mol. The molecular weight excluding hydrogens is 380 g/mol. The van der Waals surface area contributed by atoms with Crippen molar-refractivity contribution in [2.75, 3.05) is 33.2 Å². The molecule has 1 saturated heterocycles. The lowest BCUT2D eigenvalue weighted by molar-refractivity contribution is -0.145. The Balaban J connectivity index is 1.50. The maximum absolute atomic E-state index is 5.96. The number of aromatic nitrogens is 2. The van der Waals surface area contributed by atoms with Gasteiger partial charge in [-0.2, -0.15) is 0 Å². The van der Waals surface area contributed by atoms with Crippen molar-refractivity contribution in [1.82, 2.24) is 10.2 Å². The fraction of sp³-hybridized carbons (Fsp3) is 0.300. The van der Waals surface area contributed by atoms with Crippen LogP contribution in [-0.2, 0) is 15.3 Å². The van der Waals surface area contributed by atoms with Gasteiger partial charge in [-0.3, -0.25) is 0 Å². The van der Waals surface area contributed by atoms with E-state index in [1.807, 2.05) is 48.5 Å². The number of benzene rings is 2. The lowest BCUT2D eigenvalue weighted by Gasteiger charge is -2.27. The number of rotatable bonds is 7. The number of thioether (sulfide) groups is 1. The maximum atomic E-state index is 5.96. The van der Waals surface area contributed by atoms with Crippen molar-refractivity contribution < 1.29 is 23.4 Å². The van der Waals surface area contributed by atoms with E-state index in [-0.39, 0.29) is 0 Å². The van der Waals surface area contributed by atoms with Gasteiger partial charge in [-0.15, -0.1) is 10.2 Å². The molecule has 1 fully saturated rings. The van der Waals surface area contributed by atoms with Gasteiger partial charge in [-0.05, 0) is 36.4 Å². The number of ether oxygens (including phenoxy) is 4. The number of methoxy groups -OCH3 is 2. The predicted molar refractivity (Wildman–Crippen MR) is 104 cm³/mol. The van der Waals surface area contributed by atoms with E-state index in [9.17, 15) is 0 Å². The van der Waals surface area contributed by atoms with Crippen LogP contribution in [-0.4, -0.2) is 43.4 Å². The van der Waals surface area contributed by atoms with E-state index in [0.717, 1.165) is 22.6 Å². The molecule has 0 amide bonds. The Morgan fingerprint density at radius 2 is 1.71 bits per heavy atom. The molecule has 0 saturated carbocycles. The molecule has 0 unspecified atom stereocenters. The van der Waals surface area contributed by atoms with Crippen LogP contribution in [0.2, 0.25) is 0 Å². The highest BCUT2D eigenvalue weighted by Crippen LogP contribution is 2.38. The van der Waals surface area contributed by atoms with Crippen molar-refractivity contribution in [1.29, 1.82) is 0 Å². The highest BCUT2D eigenvalue weighted by atomic mass is 32.2. The zero-order valence-electron chi connectivity index (χ0n) is 15.6. The Morgan fingerprint density at radius 3 is 2.43 bits per heavy atom. The van der Waals surface area contributed by atoms with Gasteiger partial charge in [-0.1, -0.05) is 23.9 Å². The minimum atomic E-state index is -0.867. The summed E-state index contributed by atoms with van der Waals surface area (Å²) < 4.78 is 28.2. The van der Waals surface area contributed by atoms with Gasteiger partial charge in [0.25, 0.3) is 5.22 Å². The summed E-state index contributed by atoms with van der Waals surface area (Å²) in [7, 11) is 3.26. The van der Waals surface area contributed by atoms with Gasteiger partial charge in [0.15, 0.2) is 0 Å². The Hall–Kier alpha value is -2.55. The van der Waals surface area contributed by atoms with Gasteiger partial charge < -0.3 is 23.4 Å². The predicted octanol–water partition coefficient (Wildman–Crippen LogP) is 3.75. The molecule has 0 bridgehead atoms. The van der Waals surface area contributed by atoms with Gasteiger partial charge in [0.05, 0.1) is 33.2 Å². The van der Waals surface area contributed by atoms with Crippen LogP contribution in [0.15, 0.2) is 58.2 Å². The number of hydrogen-bond acceptors (Lipinski definition) is 8. The molecule has 1 aromatic heterocycles. The second-order valence-electron chi connectivity index (χ2n) is 6.07. The third-order valence-corrected chi connectivity index (χ3v) is 5.33. The summed E-state index contributed by atoms with van der Waals surface area (Å²) in [5.74, 6) is 1.58. The molecule has 2 heterocycles. The largest absolute Gasteiger partial charge is 0.497 e. The first-order chi connectivity index (χ1) is 13.7. The molecule has 3 aromatic rings. The van der Waals surface area contributed by atoms with Gasteiger partial charge in [0, 0.05) is 11.1 Å². The molecule has 4 rings (SSSR count). The van der Waals surface area contributed by atoms with Crippen molar-refractivity contribution in [3.05, 3.63) is 54.1 Å². The SMILES string of the molecule is COc1ccc(-c2nnc(SCC3(c4cccc(OC)c4)OCCO3)o2)cc1. The van der Waals surface area contributed by atoms with Crippen molar-refractivity contribution in [2.45, 2.75) is 11.0 Å². The first kappa shape index (κ1) is 18.8. The number of nitrogens with zero attached hydrogens (tertiary/aromatic N) is 2. The van der Waals surface area contributed by atoms with Crippen LogP contribution in [0.5, 0.6) is 11.5 Å². The number of hydrogen-bond donors (Lipinski definition) is 0. The Bertz CT molecular complexity index is 922. The highest BCUT2D eigenvalue weighted by molar-refractivity contribution is 7.99. The van der Waals surface area contributed by atoms with Crippen molar-refractivity contribution in [3.8, 4) is 23.0 Å². The zero-order chi connectivity index (χ0) is 19.4. The van der Waals surface area contributed by atoms with Crippen LogP contribution < -0.4 is 9.47 Å². The van der Waals surface area contributed by atoms with E-state index in [1.165, 1.54) is 11.8 Å². The molecule has 28 heavy (non-hydrogen) atoms. The van der Waals surface area contributed by atoms with Gasteiger partial charge in [0.1, 0.15) is 11.5 Å². The van der Waals surface area contributed by atoms with Crippen LogP contribution >= 0.6 is 11.8 Å². The van der Waals surface area contributed by atoms with Gasteiger partial charge in [0.2, 0.25) is 11.7 Å². The fourth-order valence-electron chi connectivity index (χ4n) is 2.92. The van der Waals surface area contributed by atoms with Gasteiger partial charge in [-0.25, -0.2) is 0 Å². The summed E-state index contributed by atoms with van der Waals surface area (Å²) in [5, 5.41) is 8.72.